The highest BCUT2D eigenvalue weighted by atomic mass is 16.2. The van der Waals surface area contributed by atoms with Crippen molar-refractivity contribution < 1.29 is 4.79 Å². The Hall–Kier alpha value is -1.88. The molecule has 0 radical (unpaired) electrons. The number of guanidine groups is 1. The fraction of sp³-hybridized carbons (Fsp3) is 0.619. The first-order chi connectivity index (χ1) is 12.6. The smallest absolute Gasteiger partial charge is 0.258 e. The van der Waals surface area contributed by atoms with E-state index in [1.807, 2.05) is 24.0 Å². The van der Waals surface area contributed by atoms with Crippen molar-refractivity contribution in [2.24, 2.45) is 4.99 Å². The van der Waals surface area contributed by atoms with E-state index in [9.17, 15) is 4.79 Å². The molecule has 4 rings (SSSR count). The van der Waals surface area contributed by atoms with Crippen molar-refractivity contribution in [3.05, 3.63) is 29.8 Å². The first kappa shape index (κ1) is 17.5. The van der Waals surface area contributed by atoms with Gasteiger partial charge in [-0.3, -0.25) is 4.79 Å². The molecule has 0 spiro atoms. The Morgan fingerprint density at radius 2 is 1.62 bits per heavy atom. The lowest BCUT2D eigenvalue weighted by atomic mass is 10.00. The van der Waals surface area contributed by atoms with Gasteiger partial charge < -0.3 is 9.80 Å². The molecule has 1 aromatic carbocycles. The van der Waals surface area contributed by atoms with Gasteiger partial charge in [-0.25, -0.2) is 9.89 Å². The van der Waals surface area contributed by atoms with Gasteiger partial charge in [0.1, 0.15) is 6.04 Å². The van der Waals surface area contributed by atoms with Crippen molar-refractivity contribution in [1.82, 2.24) is 9.80 Å². The van der Waals surface area contributed by atoms with Gasteiger partial charge in [-0.05, 0) is 64.8 Å². The minimum Gasteiger partial charge on any atom is -0.342 e. The average molecular weight is 354 g/mol. The fourth-order valence-corrected chi connectivity index (χ4v) is 4.45. The Morgan fingerprint density at radius 1 is 0.962 bits per heavy atom. The number of rotatable bonds is 2. The van der Waals surface area contributed by atoms with Gasteiger partial charge >= 0.3 is 0 Å². The molecule has 140 valence electrons. The Balaban J connectivity index is 1.46. The van der Waals surface area contributed by atoms with Crippen molar-refractivity contribution in [1.29, 1.82) is 0 Å². The second kappa shape index (κ2) is 7.39. The number of aliphatic imine (C=N–C) groups is 1. The van der Waals surface area contributed by atoms with Crippen molar-refractivity contribution in [3.8, 4) is 0 Å². The highest BCUT2D eigenvalue weighted by Crippen LogP contribution is 2.27. The third kappa shape index (κ3) is 3.37. The molecule has 1 amide bonds. The number of benzene rings is 1. The lowest BCUT2D eigenvalue weighted by Crippen LogP contribution is -2.52. The standard InChI is InChI=1S/C21H30N4O/c1-16-6-8-19(9-7-16)25-20(26)17(2)22-21(25)24-14-10-18(11-15-24)23-12-4-3-5-13-23/h6-9,17-18H,3-5,10-15H2,1-2H3. The number of carbonyl (C=O) groups excluding carboxylic acids is 1. The van der Waals surface area contributed by atoms with Crippen LogP contribution < -0.4 is 4.90 Å². The summed E-state index contributed by atoms with van der Waals surface area (Å²) in [5.41, 5.74) is 2.14. The topological polar surface area (TPSA) is 39.2 Å². The molecule has 0 aliphatic carbocycles. The van der Waals surface area contributed by atoms with Crippen molar-refractivity contribution >= 4 is 17.6 Å². The van der Waals surface area contributed by atoms with Gasteiger partial charge in [0.25, 0.3) is 5.91 Å². The van der Waals surface area contributed by atoms with E-state index >= 15 is 0 Å². The van der Waals surface area contributed by atoms with Gasteiger partial charge in [0.15, 0.2) is 0 Å². The minimum absolute atomic E-state index is 0.0852. The summed E-state index contributed by atoms with van der Waals surface area (Å²) in [7, 11) is 0. The van der Waals surface area contributed by atoms with Crippen LogP contribution in [-0.4, -0.2) is 59.9 Å². The summed E-state index contributed by atoms with van der Waals surface area (Å²) in [4.78, 5) is 24.3. The van der Waals surface area contributed by atoms with E-state index in [-0.39, 0.29) is 11.9 Å². The number of anilines is 1. The largest absolute Gasteiger partial charge is 0.342 e. The van der Waals surface area contributed by atoms with Crippen LogP contribution in [0.4, 0.5) is 5.69 Å². The molecule has 1 aromatic rings. The molecule has 3 aliphatic rings. The summed E-state index contributed by atoms with van der Waals surface area (Å²) in [5.74, 6) is 0.936. The summed E-state index contributed by atoms with van der Waals surface area (Å²) in [6, 6.07) is 8.60. The Kier molecular flexibility index (Phi) is 4.98. The number of likely N-dealkylation sites (tertiary alicyclic amines) is 2. The fourth-order valence-electron chi connectivity index (χ4n) is 4.45. The van der Waals surface area contributed by atoms with Crippen molar-refractivity contribution in [2.75, 3.05) is 31.1 Å². The van der Waals surface area contributed by atoms with Crippen LogP contribution in [0.2, 0.25) is 0 Å². The zero-order valence-electron chi connectivity index (χ0n) is 16.0. The maximum atomic E-state index is 12.7. The summed E-state index contributed by atoms with van der Waals surface area (Å²) in [5, 5.41) is 0. The average Bonchev–Trinajstić information content (AvgIpc) is 2.98. The zero-order chi connectivity index (χ0) is 18.1. The predicted octanol–water partition coefficient (Wildman–Crippen LogP) is 3.04. The van der Waals surface area contributed by atoms with Crippen LogP contribution >= 0.6 is 0 Å². The van der Waals surface area contributed by atoms with Crippen LogP contribution in [0.15, 0.2) is 29.3 Å². The number of piperidine rings is 2. The summed E-state index contributed by atoms with van der Waals surface area (Å²) < 4.78 is 0. The SMILES string of the molecule is Cc1ccc(N2C(=O)C(C)N=C2N2CCC(N3CCCCC3)CC2)cc1. The van der Waals surface area contributed by atoms with Crippen LogP contribution in [-0.2, 0) is 4.79 Å². The third-order valence-electron chi connectivity index (χ3n) is 6.03. The maximum absolute atomic E-state index is 12.7. The normalized spacial score (nSPS) is 25.7. The van der Waals surface area contributed by atoms with Crippen LogP contribution in [0.25, 0.3) is 0 Å². The predicted molar refractivity (Wildman–Crippen MR) is 106 cm³/mol. The number of hydrogen-bond acceptors (Lipinski definition) is 4. The minimum atomic E-state index is -0.286. The van der Waals surface area contributed by atoms with Gasteiger partial charge in [-0.1, -0.05) is 24.1 Å². The van der Waals surface area contributed by atoms with Crippen LogP contribution in [0.1, 0.15) is 44.6 Å². The highest BCUT2D eigenvalue weighted by Gasteiger charge is 2.37. The second-order valence-corrected chi connectivity index (χ2v) is 7.93. The van der Waals surface area contributed by atoms with Gasteiger partial charge in [-0.15, -0.1) is 0 Å². The zero-order valence-corrected chi connectivity index (χ0v) is 16.0. The molecule has 3 heterocycles. The van der Waals surface area contributed by atoms with E-state index in [0.717, 1.165) is 24.7 Å². The first-order valence-electron chi connectivity index (χ1n) is 10.1. The van der Waals surface area contributed by atoms with Gasteiger partial charge in [-0.2, -0.15) is 0 Å². The van der Waals surface area contributed by atoms with Crippen LogP contribution in [0.3, 0.4) is 0 Å². The van der Waals surface area contributed by atoms with E-state index in [0.29, 0.717) is 6.04 Å². The number of aryl methyl sites for hydroxylation is 1. The molecular weight excluding hydrogens is 324 g/mol. The monoisotopic (exact) mass is 354 g/mol. The molecule has 0 saturated carbocycles. The quantitative estimate of drug-likeness (QED) is 0.819. The Bertz CT molecular complexity index is 670. The van der Waals surface area contributed by atoms with Gasteiger partial charge in [0, 0.05) is 19.1 Å². The Labute approximate surface area is 156 Å². The lowest BCUT2D eigenvalue weighted by molar-refractivity contribution is -0.117. The Morgan fingerprint density at radius 3 is 2.27 bits per heavy atom. The van der Waals surface area contributed by atoms with Gasteiger partial charge in [0.05, 0.1) is 5.69 Å². The van der Waals surface area contributed by atoms with E-state index in [4.69, 9.17) is 4.99 Å². The maximum Gasteiger partial charge on any atom is 0.258 e. The molecule has 0 bridgehead atoms. The summed E-state index contributed by atoms with van der Waals surface area (Å²) in [6.07, 6.45) is 6.42. The molecule has 2 fully saturated rings. The molecule has 1 unspecified atom stereocenters. The molecule has 0 aromatic heterocycles. The van der Waals surface area contributed by atoms with Gasteiger partial charge in [0.2, 0.25) is 5.96 Å². The number of amides is 1. The molecular formula is C21H30N4O. The number of nitrogens with zero attached hydrogens (tertiary/aromatic N) is 4. The lowest BCUT2D eigenvalue weighted by Gasteiger charge is -2.41. The molecule has 5 nitrogen and oxygen atoms in total. The number of carbonyl (C=O) groups is 1. The molecule has 1 atom stereocenters. The number of hydrogen-bond donors (Lipinski definition) is 0. The van der Waals surface area contributed by atoms with Crippen molar-refractivity contribution in [2.45, 2.75) is 58.0 Å². The molecule has 5 heteroatoms. The molecule has 3 aliphatic heterocycles. The van der Waals surface area contributed by atoms with Crippen LogP contribution in [0.5, 0.6) is 0 Å². The third-order valence-corrected chi connectivity index (χ3v) is 6.03. The second-order valence-electron chi connectivity index (χ2n) is 7.93. The van der Waals surface area contributed by atoms with Crippen LogP contribution in [0, 0.1) is 6.92 Å². The van der Waals surface area contributed by atoms with E-state index in [2.05, 4.69) is 28.9 Å². The molecule has 2 saturated heterocycles. The highest BCUT2D eigenvalue weighted by molar-refractivity contribution is 6.21. The molecule has 26 heavy (non-hydrogen) atoms. The van der Waals surface area contributed by atoms with E-state index in [1.165, 1.54) is 50.8 Å². The summed E-state index contributed by atoms with van der Waals surface area (Å²) >= 11 is 0. The van der Waals surface area contributed by atoms with Crippen molar-refractivity contribution in [3.63, 3.8) is 0 Å². The van der Waals surface area contributed by atoms with E-state index < -0.39 is 0 Å². The first-order valence-corrected chi connectivity index (χ1v) is 10.1. The van der Waals surface area contributed by atoms with E-state index in [1.54, 1.807) is 0 Å². The summed E-state index contributed by atoms with van der Waals surface area (Å²) in [6.45, 7) is 8.47. The molecule has 0 N–H and O–H groups in total.